The Balaban J connectivity index is 2.73. The summed E-state index contributed by atoms with van der Waals surface area (Å²) in [5.74, 6) is 0.507. The summed E-state index contributed by atoms with van der Waals surface area (Å²) < 4.78 is 14.7. The van der Waals surface area contributed by atoms with Gasteiger partial charge >= 0.3 is 0 Å². The van der Waals surface area contributed by atoms with Crippen LogP contribution < -0.4 is 5.32 Å². The lowest BCUT2D eigenvalue weighted by Crippen LogP contribution is -2.35. The van der Waals surface area contributed by atoms with Crippen molar-refractivity contribution in [2.75, 3.05) is 7.05 Å². The number of halogens is 2. The van der Waals surface area contributed by atoms with Crippen molar-refractivity contribution in [1.29, 1.82) is 0 Å². The molecule has 108 valence electrons. The van der Waals surface area contributed by atoms with Crippen LogP contribution in [0.5, 0.6) is 0 Å². The number of likely N-dealkylation sites (N-methyl/N-ethyl adjacent to an activating group) is 1. The quantitative estimate of drug-likeness (QED) is 0.712. The molecule has 3 heteroatoms. The molecule has 1 rings (SSSR count). The molecular weight excluding hydrogens is 305 g/mol. The zero-order valence-electron chi connectivity index (χ0n) is 12.2. The molecule has 19 heavy (non-hydrogen) atoms. The summed E-state index contributed by atoms with van der Waals surface area (Å²) >= 11 is 3.30. The van der Waals surface area contributed by atoms with E-state index in [1.165, 1.54) is 19.3 Å². The molecule has 2 unspecified atom stereocenters. The molecule has 0 saturated carbocycles. The highest BCUT2D eigenvalue weighted by atomic mass is 79.9. The van der Waals surface area contributed by atoms with Crippen molar-refractivity contribution in [1.82, 2.24) is 5.32 Å². The van der Waals surface area contributed by atoms with Crippen LogP contribution in [0.2, 0.25) is 0 Å². The molecule has 1 aromatic carbocycles. The smallest absolute Gasteiger partial charge is 0.127 e. The van der Waals surface area contributed by atoms with Crippen LogP contribution in [-0.4, -0.2) is 13.1 Å². The molecule has 1 N–H and O–H groups in total. The van der Waals surface area contributed by atoms with Gasteiger partial charge in [-0.1, -0.05) is 55.1 Å². The summed E-state index contributed by atoms with van der Waals surface area (Å²) in [5.41, 5.74) is 0.803. The highest BCUT2D eigenvalue weighted by Gasteiger charge is 2.19. The number of hydrogen-bond acceptors (Lipinski definition) is 1. The Morgan fingerprint density at radius 2 is 2.05 bits per heavy atom. The third-order valence-corrected chi connectivity index (χ3v) is 4.34. The van der Waals surface area contributed by atoms with Gasteiger partial charge in [0, 0.05) is 10.5 Å². The van der Waals surface area contributed by atoms with Gasteiger partial charge in [-0.05, 0) is 43.5 Å². The monoisotopic (exact) mass is 329 g/mol. The largest absolute Gasteiger partial charge is 0.316 e. The molecule has 0 saturated heterocycles. The van der Waals surface area contributed by atoms with Crippen LogP contribution in [0.1, 0.15) is 45.1 Å². The zero-order valence-corrected chi connectivity index (χ0v) is 13.8. The molecule has 0 aromatic heterocycles. The van der Waals surface area contributed by atoms with E-state index in [0.29, 0.717) is 12.0 Å². The van der Waals surface area contributed by atoms with Gasteiger partial charge in [-0.3, -0.25) is 0 Å². The van der Waals surface area contributed by atoms with Gasteiger partial charge in [0.15, 0.2) is 0 Å². The van der Waals surface area contributed by atoms with Crippen molar-refractivity contribution >= 4 is 15.9 Å². The van der Waals surface area contributed by atoms with Gasteiger partial charge in [-0.25, -0.2) is 4.39 Å². The topological polar surface area (TPSA) is 12.0 Å². The van der Waals surface area contributed by atoms with Gasteiger partial charge in [0.05, 0.1) is 0 Å². The van der Waals surface area contributed by atoms with E-state index >= 15 is 0 Å². The fourth-order valence-corrected chi connectivity index (χ4v) is 2.92. The van der Waals surface area contributed by atoms with E-state index in [2.05, 4.69) is 35.1 Å². The fraction of sp³-hybridized carbons (Fsp3) is 0.625. The Morgan fingerprint density at radius 3 is 2.58 bits per heavy atom. The Morgan fingerprint density at radius 1 is 1.32 bits per heavy atom. The second kappa shape index (κ2) is 8.70. The van der Waals surface area contributed by atoms with Gasteiger partial charge in [0.2, 0.25) is 0 Å². The zero-order chi connectivity index (χ0) is 14.3. The molecule has 0 bridgehead atoms. The molecule has 0 aliphatic carbocycles. The lowest BCUT2D eigenvalue weighted by molar-refractivity contribution is 0.328. The van der Waals surface area contributed by atoms with Crippen LogP contribution in [0, 0.1) is 11.7 Å². The normalized spacial score (nSPS) is 14.4. The molecule has 0 radical (unpaired) electrons. The minimum atomic E-state index is -0.111. The standard InChI is InChI=1S/C16H25BrFN/c1-4-6-7-12(5-2)16(19-3)10-13-8-9-14(17)11-15(13)18/h8-9,11-12,16,19H,4-7,10H2,1-3H3. The number of rotatable bonds is 8. The molecule has 0 spiro atoms. The molecular formula is C16H25BrFN. The lowest BCUT2D eigenvalue weighted by Gasteiger charge is -2.26. The summed E-state index contributed by atoms with van der Waals surface area (Å²) in [4.78, 5) is 0. The first-order valence-electron chi connectivity index (χ1n) is 7.23. The van der Waals surface area contributed by atoms with Crippen LogP contribution >= 0.6 is 15.9 Å². The maximum atomic E-state index is 13.9. The van der Waals surface area contributed by atoms with Crippen molar-refractivity contribution < 1.29 is 4.39 Å². The molecule has 0 heterocycles. The van der Waals surface area contributed by atoms with E-state index in [-0.39, 0.29) is 5.82 Å². The second-order valence-electron chi connectivity index (χ2n) is 5.15. The van der Waals surface area contributed by atoms with E-state index < -0.39 is 0 Å². The third-order valence-electron chi connectivity index (χ3n) is 3.85. The Kier molecular flexibility index (Phi) is 7.62. The maximum absolute atomic E-state index is 13.9. The van der Waals surface area contributed by atoms with Crippen molar-refractivity contribution in [2.45, 2.75) is 52.0 Å². The van der Waals surface area contributed by atoms with Crippen LogP contribution in [0.15, 0.2) is 22.7 Å². The highest BCUT2D eigenvalue weighted by molar-refractivity contribution is 9.10. The van der Waals surface area contributed by atoms with Gasteiger partial charge in [-0.15, -0.1) is 0 Å². The molecule has 1 aromatic rings. The minimum Gasteiger partial charge on any atom is -0.316 e. The van der Waals surface area contributed by atoms with Gasteiger partial charge < -0.3 is 5.32 Å². The average Bonchev–Trinajstić information content (AvgIpc) is 2.40. The first kappa shape index (κ1) is 16.6. The molecule has 1 nitrogen and oxygen atoms in total. The Bertz CT molecular complexity index is 381. The molecule has 2 atom stereocenters. The second-order valence-corrected chi connectivity index (χ2v) is 6.06. The summed E-state index contributed by atoms with van der Waals surface area (Å²) in [7, 11) is 1.98. The van der Waals surface area contributed by atoms with E-state index in [0.717, 1.165) is 22.9 Å². The SMILES string of the molecule is CCCCC(CC)C(Cc1ccc(Br)cc1F)NC. The number of hydrogen-bond donors (Lipinski definition) is 1. The summed E-state index contributed by atoms with van der Waals surface area (Å²) in [6, 6.07) is 5.70. The lowest BCUT2D eigenvalue weighted by atomic mass is 9.87. The predicted octanol–water partition coefficient (Wildman–Crippen LogP) is 4.94. The van der Waals surface area contributed by atoms with Gasteiger partial charge in [0.25, 0.3) is 0 Å². The summed E-state index contributed by atoms with van der Waals surface area (Å²) in [6.45, 7) is 4.44. The number of nitrogens with one attached hydrogen (secondary N) is 1. The first-order valence-corrected chi connectivity index (χ1v) is 8.02. The highest BCUT2D eigenvalue weighted by Crippen LogP contribution is 2.22. The molecule has 0 fully saturated rings. The molecule has 0 aliphatic rings. The number of benzene rings is 1. The molecule has 0 amide bonds. The van der Waals surface area contributed by atoms with Crippen molar-refractivity contribution in [3.63, 3.8) is 0 Å². The van der Waals surface area contributed by atoms with Crippen LogP contribution in [-0.2, 0) is 6.42 Å². The molecule has 0 aliphatic heterocycles. The first-order chi connectivity index (χ1) is 9.12. The average molecular weight is 330 g/mol. The van der Waals surface area contributed by atoms with Crippen LogP contribution in [0.4, 0.5) is 4.39 Å². The minimum absolute atomic E-state index is 0.111. The summed E-state index contributed by atoms with van der Waals surface area (Å²) in [6.07, 6.45) is 5.59. The van der Waals surface area contributed by atoms with Crippen LogP contribution in [0.3, 0.4) is 0 Å². The van der Waals surface area contributed by atoms with E-state index in [1.54, 1.807) is 6.07 Å². The summed E-state index contributed by atoms with van der Waals surface area (Å²) in [5, 5.41) is 3.37. The van der Waals surface area contributed by atoms with Gasteiger partial charge in [0.1, 0.15) is 5.82 Å². The van der Waals surface area contributed by atoms with Gasteiger partial charge in [-0.2, -0.15) is 0 Å². The maximum Gasteiger partial charge on any atom is 0.127 e. The Labute approximate surface area is 125 Å². The van der Waals surface area contributed by atoms with Crippen molar-refractivity contribution in [2.24, 2.45) is 5.92 Å². The van der Waals surface area contributed by atoms with E-state index in [1.807, 2.05) is 19.2 Å². The Hall–Kier alpha value is -0.410. The van der Waals surface area contributed by atoms with Crippen molar-refractivity contribution in [3.05, 3.63) is 34.1 Å². The fourth-order valence-electron chi connectivity index (χ4n) is 2.58. The number of unbranched alkanes of at least 4 members (excludes halogenated alkanes) is 1. The van der Waals surface area contributed by atoms with E-state index in [9.17, 15) is 4.39 Å². The predicted molar refractivity (Wildman–Crippen MR) is 84.0 cm³/mol. The van der Waals surface area contributed by atoms with Crippen LogP contribution in [0.25, 0.3) is 0 Å². The van der Waals surface area contributed by atoms with E-state index in [4.69, 9.17) is 0 Å². The third kappa shape index (κ3) is 5.23. The van der Waals surface area contributed by atoms with Crippen molar-refractivity contribution in [3.8, 4) is 0 Å².